The Morgan fingerprint density at radius 2 is 1.00 bits per heavy atom. The number of allylic oxidation sites excluding steroid dienone is 4. The van der Waals surface area contributed by atoms with Gasteiger partial charge in [0.2, 0.25) is 0 Å². The molecule has 1 heterocycles. The summed E-state index contributed by atoms with van der Waals surface area (Å²) < 4.78 is 0. The van der Waals surface area contributed by atoms with Gasteiger partial charge in [-0.1, -0.05) is 115 Å². The van der Waals surface area contributed by atoms with Crippen molar-refractivity contribution in [2.75, 3.05) is 5.73 Å². The number of rotatable bonds is 3. The SMILES string of the molecule is N=C1C=CC(c2c3ccccc3c(-c3cccc4ccccc34)c3ccccc23)=CC1=N.Nc1ccccc1-c1ccncc1. The van der Waals surface area contributed by atoms with Crippen molar-refractivity contribution in [3.8, 4) is 22.3 Å². The molecule has 6 aromatic carbocycles. The van der Waals surface area contributed by atoms with Gasteiger partial charge in [-0.2, -0.15) is 0 Å². The maximum absolute atomic E-state index is 8.21. The molecule has 0 spiro atoms. The van der Waals surface area contributed by atoms with Crippen LogP contribution >= 0.6 is 0 Å². The second-order valence-corrected chi connectivity index (χ2v) is 11.0. The van der Waals surface area contributed by atoms with E-state index in [2.05, 4.69) is 96.0 Å². The zero-order valence-electron chi connectivity index (χ0n) is 24.5. The number of pyridine rings is 1. The van der Waals surface area contributed by atoms with Crippen molar-refractivity contribution in [2.24, 2.45) is 0 Å². The first-order valence-corrected chi connectivity index (χ1v) is 14.8. The summed E-state index contributed by atoms with van der Waals surface area (Å²) in [7, 11) is 0. The largest absolute Gasteiger partial charge is 0.398 e. The van der Waals surface area contributed by atoms with Crippen molar-refractivity contribution < 1.29 is 0 Å². The topological polar surface area (TPSA) is 86.6 Å². The first-order chi connectivity index (χ1) is 22.1. The van der Waals surface area contributed by atoms with Gasteiger partial charge < -0.3 is 5.73 Å². The molecule has 8 rings (SSSR count). The highest BCUT2D eigenvalue weighted by Gasteiger charge is 2.19. The van der Waals surface area contributed by atoms with Crippen LogP contribution in [0.5, 0.6) is 0 Å². The predicted octanol–water partition coefficient (Wildman–Crippen LogP) is 10.1. The summed E-state index contributed by atoms with van der Waals surface area (Å²) in [4.78, 5) is 3.96. The Morgan fingerprint density at radius 1 is 0.467 bits per heavy atom. The Balaban J connectivity index is 0.000000209. The molecule has 0 aliphatic heterocycles. The van der Waals surface area contributed by atoms with Gasteiger partial charge in [-0.05, 0) is 90.5 Å². The Hall–Kier alpha value is -6.13. The van der Waals surface area contributed by atoms with E-state index in [1.54, 1.807) is 18.5 Å². The third kappa shape index (κ3) is 5.19. The number of nitrogen functional groups attached to an aromatic ring is 1. The second-order valence-electron chi connectivity index (χ2n) is 11.0. The van der Waals surface area contributed by atoms with Crippen molar-refractivity contribution in [3.05, 3.63) is 164 Å². The molecule has 0 atom stereocenters. The fourth-order valence-electron chi connectivity index (χ4n) is 6.16. The minimum atomic E-state index is 0.244. The van der Waals surface area contributed by atoms with Crippen molar-refractivity contribution in [2.45, 2.75) is 0 Å². The van der Waals surface area contributed by atoms with E-state index >= 15 is 0 Å². The lowest BCUT2D eigenvalue weighted by molar-refractivity contribution is 1.33. The molecule has 0 unspecified atom stereocenters. The lowest BCUT2D eigenvalue weighted by atomic mass is 9.83. The summed E-state index contributed by atoms with van der Waals surface area (Å²) in [5, 5.41) is 23.3. The molecule has 1 aliphatic carbocycles. The molecule has 214 valence electrons. The van der Waals surface area contributed by atoms with Gasteiger partial charge >= 0.3 is 0 Å². The molecule has 4 heteroatoms. The van der Waals surface area contributed by atoms with Crippen LogP contribution in [-0.4, -0.2) is 16.4 Å². The highest BCUT2D eigenvalue weighted by atomic mass is 14.6. The second kappa shape index (κ2) is 11.9. The number of nitrogens with one attached hydrogen (secondary N) is 2. The van der Waals surface area contributed by atoms with Gasteiger partial charge in [0.15, 0.2) is 0 Å². The van der Waals surface area contributed by atoms with Gasteiger partial charge in [0.25, 0.3) is 0 Å². The van der Waals surface area contributed by atoms with Crippen molar-refractivity contribution in [3.63, 3.8) is 0 Å². The predicted molar refractivity (Wildman–Crippen MR) is 191 cm³/mol. The Morgan fingerprint density at radius 3 is 1.64 bits per heavy atom. The van der Waals surface area contributed by atoms with Gasteiger partial charge in [0.1, 0.15) is 0 Å². The maximum atomic E-state index is 8.21. The summed E-state index contributed by atoms with van der Waals surface area (Å²) in [6, 6.07) is 43.8. The summed E-state index contributed by atoms with van der Waals surface area (Å²) >= 11 is 0. The molecule has 0 bridgehead atoms. The van der Waals surface area contributed by atoms with Gasteiger partial charge in [0, 0.05) is 23.6 Å². The number of aromatic nitrogens is 1. The minimum absolute atomic E-state index is 0.244. The number of para-hydroxylation sites is 1. The molecule has 1 aliphatic rings. The Labute approximate surface area is 261 Å². The van der Waals surface area contributed by atoms with E-state index in [-0.39, 0.29) is 11.4 Å². The van der Waals surface area contributed by atoms with E-state index in [1.807, 2.05) is 48.6 Å². The van der Waals surface area contributed by atoms with Crippen LogP contribution < -0.4 is 5.73 Å². The number of nitrogens with two attached hydrogens (primary N) is 1. The zero-order chi connectivity index (χ0) is 30.8. The van der Waals surface area contributed by atoms with Crippen LogP contribution in [0.15, 0.2) is 158 Å². The zero-order valence-corrected chi connectivity index (χ0v) is 24.5. The molecular formula is C41H30N4. The normalized spacial score (nSPS) is 12.7. The molecule has 0 fully saturated rings. The molecule has 4 N–H and O–H groups in total. The number of fused-ring (bicyclic) bond motifs is 3. The summed E-state index contributed by atoms with van der Waals surface area (Å²) in [6.45, 7) is 0. The summed E-state index contributed by atoms with van der Waals surface area (Å²) in [5.41, 5.74) is 13.8. The molecule has 0 radical (unpaired) electrons. The molecule has 0 amide bonds. The van der Waals surface area contributed by atoms with Crippen LogP contribution in [0.2, 0.25) is 0 Å². The average molecular weight is 579 g/mol. The smallest absolute Gasteiger partial charge is 0.0795 e. The van der Waals surface area contributed by atoms with Crippen molar-refractivity contribution in [1.29, 1.82) is 10.8 Å². The van der Waals surface area contributed by atoms with Crippen LogP contribution in [0.25, 0.3) is 60.1 Å². The summed E-state index contributed by atoms with van der Waals surface area (Å²) in [5.74, 6) is 0. The van der Waals surface area contributed by atoms with Crippen LogP contribution in [0, 0.1) is 10.8 Å². The Bertz CT molecular complexity index is 2250. The highest BCUT2D eigenvalue weighted by molar-refractivity contribution is 6.50. The maximum Gasteiger partial charge on any atom is 0.0795 e. The third-order valence-corrected chi connectivity index (χ3v) is 8.25. The van der Waals surface area contributed by atoms with Crippen molar-refractivity contribution in [1.82, 2.24) is 4.98 Å². The lowest BCUT2D eigenvalue weighted by Crippen LogP contribution is -2.10. The quantitative estimate of drug-likeness (QED) is 0.111. The Kier molecular flexibility index (Phi) is 7.30. The molecule has 0 saturated heterocycles. The fraction of sp³-hybridized carbons (Fsp3) is 0. The van der Waals surface area contributed by atoms with E-state index < -0.39 is 0 Å². The van der Waals surface area contributed by atoms with Crippen LogP contribution in [-0.2, 0) is 0 Å². The van der Waals surface area contributed by atoms with Crippen LogP contribution in [0.4, 0.5) is 5.69 Å². The van der Waals surface area contributed by atoms with Gasteiger partial charge in [-0.25, -0.2) is 0 Å². The monoisotopic (exact) mass is 578 g/mol. The molecule has 45 heavy (non-hydrogen) atoms. The van der Waals surface area contributed by atoms with Crippen LogP contribution in [0.1, 0.15) is 5.56 Å². The van der Waals surface area contributed by atoms with Gasteiger partial charge in [-0.3, -0.25) is 15.8 Å². The van der Waals surface area contributed by atoms with E-state index in [0.29, 0.717) is 0 Å². The number of hydrogen-bond donors (Lipinski definition) is 3. The minimum Gasteiger partial charge on any atom is -0.398 e. The number of anilines is 1. The first kappa shape index (κ1) is 27.7. The number of nitrogens with zero attached hydrogens (tertiary/aromatic N) is 1. The molecular weight excluding hydrogens is 548 g/mol. The lowest BCUT2D eigenvalue weighted by Gasteiger charge is -2.20. The van der Waals surface area contributed by atoms with E-state index in [4.69, 9.17) is 16.6 Å². The fourth-order valence-corrected chi connectivity index (χ4v) is 6.16. The van der Waals surface area contributed by atoms with Crippen LogP contribution in [0.3, 0.4) is 0 Å². The number of benzene rings is 6. The molecule has 7 aromatic rings. The first-order valence-electron chi connectivity index (χ1n) is 14.8. The van der Waals surface area contributed by atoms with Crippen molar-refractivity contribution >= 4 is 55.0 Å². The third-order valence-electron chi connectivity index (χ3n) is 8.25. The molecule has 1 aromatic heterocycles. The molecule has 0 saturated carbocycles. The van der Waals surface area contributed by atoms with E-state index in [9.17, 15) is 0 Å². The standard InChI is InChI=1S/C30H20N2.C11H10N2/c31-27-17-16-20(18-28(27)32)29-23-11-3-5-13-25(23)30(26-14-6-4-12-24(26)29)22-15-7-9-19-8-1-2-10-21(19)22;12-11-4-2-1-3-10(11)9-5-7-13-8-6-9/h1-18,31-32H;1-8H,12H2. The van der Waals surface area contributed by atoms with Gasteiger partial charge in [0.05, 0.1) is 11.4 Å². The highest BCUT2D eigenvalue weighted by Crippen LogP contribution is 2.44. The van der Waals surface area contributed by atoms with E-state index in [0.717, 1.165) is 38.7 Å². The number of hydrogen-bond acceptors (Lipinski definition) is 4. The van der Waals surface area contributed by atoms with Gasteiger partial charge in [-0.15, -0.1) is 0 Å². The molecule has 4 nitrogen and oxygen atoms in total. The average Bonchev–Trinajstić information content (AvgIpc) is 3.09. The van der Waals surface area contributed by atoms with E-state index in [1.165, 1.54) is 32.7 Å². The summed E-state index contributed by atoms with van der Waals surface area (Å²) in [6.07, 6.45) is 9.03.